The molecule has 74 heavy (non-hydrogen) atoms. The van der Waals surface area contributed by atoms with Gasteiger partial charge in [-0.25, -0.2) is 19.2 Å². The van der Waals surface area contributed by atoms with Crippen LogP contribution in [0.25, 0.3) is 0 Å². The van der Waals surface area contributed by atoms with Crippen molar-refractivity contribution >= 4 is 62.1 Å². The van der Waals surface area contributed by atoms with Crippen molar-refractivity contribution in [2.24, 2.45) is 0 Å². The van der Waals surface area contributed by atoms with Crippen LogP contribution in [-0.2, 0) is 65.9 Å². The van der Waals surface area contributed by atoms with Gasteiger partial charge in [-0.1, -0.05) is 103 Å². The molecule has 20 heteroatoms. The standard InChI is InChI=1S/C54H54O18SSi/c1-34(55)62-31-42-44(65-35(2)56)46(66-36(3)57)47(53(67-42)73-41-29-19-10-20-30-41)71-74(4,5)72-54(33-64-50(59)38-23-13-7-14-24-38)48(69-52(61)40-27-17-9-18-28-40)45(68-51(60)39-25-15-8-16-26-39)43(70-54)32-63-49(58)37-21-11-6-12-22-37/h6-30,42-48,53H,31-33H2,1-5H3/t42-,43+,44-,45+,46+,47-,48-,53-,54+/m0/s1. The number of ether oxygens (including phenoxy) is 9. The fourth-order valence-corrected chi connectivity index (χ4v) is 11.4. The third-order valence-electron chi connectivity index (χ3n) is 11.2. The lowest BCUT2D eigenvalue weighted by Crippen LogP contribution is -2.65. The second-order valence-electron chi connectivity index (χ2n) is 17.3. The highest BCUT2D eigenvalue weighted by molar-refractivity contribution is 7.99. The molecule has 0 spiro atoms. The Kier molecular flexibility index (Phi) is 18.5. The summed E-state index contributed by atoms with van der Waals surface area (Å²) in [4.78, 5) is 94.6. The zero-order valence-electron chi connectivity index (χ0n) is 40.9. The summed E-state index contributed by atoms with van der Waals surface area (Å²) in [5.74, 6) is -8.21. The van der Waals surface area contributed by atoms with Crippen molar-refractivity contribution in [1.29, 1.82) is 0 Å². The summed E-state index contributed by atoms with van der Waals surface area (Å²) >= 11 is 1.15. The molecule has 9 atom stereocenters. The number of hydrogen-bond donors (Lipinski definition) is 0. The largest absolute Gasteiger partial charge is 0.463 e. The number of thioether (sulfide) groups is 1. The topological polar surface area (TPSA) is 221 Å². The number of hydrogen-bond acceptors (Lipinski definition) is 19. The van der Waals surface area contributed by atoms with Gasteiger partial charge < -0.3 is 51.5 Å². The van der Waals surface area contributed by atoms with Crippen LogP contribution in [0.3, 0.4) is 0 Å². The number of rotatable bonds is 20. The predicted octanol–water partition coefficient (Wildman–Crippen LogP) is 7.29. The summed E-state index contributed by atoms with van der Waals surface area (Å²) in [5.41, 5.74) is -0.670. The van der Waals surface area contributed by atoms with Crippen LogP contribution < -0.4 is 0 Å². The van der Waals surface area contributed by atoms with Crippen molar-refractivity contribution in [3.63, 3.8) is 0 Å². The molecule has 0 aromatic heterocycles. The SMILES string of the molecule is CC(=O)OC[C@@H]1O[C@@H](Sc2ccccc2)[C@@H](O[Si](C)(C)O[C@@]2(COC(=O)c3ccccc3)O[C@H](COC(=O)c3ccccc3)[C@@H](OC(=O)c3ccccc3)[C@@H]2OC(=O)c2ccccc2)[C@H](OC(C)=O)[C@H]1OC(C)=O. The first-order valence-corrected chi connectivity index (χ1v) is 27.1. The van der Waals surface area contributed by atoms with Crippen LogP contribution in [0.15, 0.2) is 157 Å². The van der Waals surface area contributed by atoms with Crippen molar-refractivity contribution < 1.29 is 85.0 Å². The van der Waals surface area contributed by atoms with Gasteiger partial charge in [-0.15, -0.1) is 0 Å². The normalized spacial score (nSPS) is 23.3. The molecule has 388 valence electrons. The molecule has 7 rings (SSSR count). The average molecular weight is 1050 g/mol. The van der Waals surface area contributed by atoms with Gasteiger partial charge in [-0.2, -0.15) is 0 Å². The number of carbonyl (C=O) groups excluding carboxylic acids is 7. The Morgan fingerprint density at radius 3 is 1.43 bits per heavy atom. The van der Waals surface area contributed by atoms with Crippen LogP contribution in [0.2, 0.25) is 13.1 Å². The first-order chi connectivity index (χ1) is 35.5. The number of benzene rings is 5. The second-order valence-corrected chi connectivity index (χ2v) is 21.7. The minimum Gasteiger partial charge on any atom is -0.463 e. The maximum absolute atomic E-state index is 14.4. The van der Waals surface area contributed by atoms with Gasteiger partial charge in [0.25, 0.3) is 0 Å². The fourth-order valence-electron chi connectivity index (χ4n) is 8.14. The van der Waals surface area contributed by atoms with E-state index >= 15 is 0 Å². The van der Waals surface area contributed by atoms with E-state index in [-0.39, 0.29) is 22.3 Å². The van der Waals surface area contributed by atoms with E-state index in [2.05, 4.69) is 0 Å². The fraction of sp³-hybridized carbons (Fsp3) is 0.315. The molecule has 2 fully saturated rings. The van der Waals surface area contributed by atoms with E-state index in [0.29, 0.717) is 4.90 Å². The molecule has 0 amide bonds. The summed E-state index contributed by atoms with van der Waals surface area (Å²) < 4.78 is 68.8. The number of carbonyl (C=O) groups is 7. The predicted molar refractivity (Wildman–Crippen MR) is 264 cm³/mol. The van der Waals surface area contributed by atoms with E-state index < -0.39 is 124 Å². The lowest BCUT2D eigenvalue weighted by atomic mass is 9.99. The summed E-state index contributed by atoms with van der Waals surface area (Å²) in [6.07, 6.45) is -10.5. The second kappa shape index (κ2) is 25.2. The van der Waals surface area contributed by atoms with Crippen molar-refractivity contribution in [3.05, 3.63) is 174 Å². The molecule has 0 saturated carbocycles. The molecular formula is C54H54O18SSi. The van der Waals surface area contributed by atoms with Gasteiger partial charge in [0.1, 0.15) is 43.6 Å². The third kappa shape index (κ3) is 14.5. The van der Waals surface area contributed by atoms with Crippen LogP contribution in [0.5, 0.6) is 0 Å². The summed E-state index contributed by atoms with van der Waals surface area (Å²) in [5, 5.41) is 0. The Labute approximate surface area is 432 Å². The lowest BCUT2D eigenvalue weighted by molar-refractivity contribution is -0.253. The minimum absolute atomic E-state index is 0.0618. The molecule has 0 radical (unpaired) electrons. The molecule has 0 bridgehead atoms. The average Bonchev–Trinajstić information content (AvgIpc) is 3.66. The summed E-state index contributed by atoms with van der Waals surface area (Å²) in [7, 11) is -4.16. The van der Waals surface area contributed by atoms with Gasteiger partial charge in [0.05, 0.1) is 22.3 Å². The monoisotopic (exact) mass is 1050 g/mol. The van der Waals surface area contributed by atoms with Crippen LogP contribution in [0, 0.1) is 0 Å². The van der Waals surface area contributed by atoms with Gasteiger partial charge in [-0.3, -0.25) is 14.4 Å². The molecule has 5 aromatic carbocycles. The zero-order chi connectivity index (χ0) is 52.8. The Bertz CT molecular complexity index is 2720. The molecular weight excluding hydrogens is 997 g/mol. The van der Waals surface area contributed by atoms with E-state index in [9.17, 15) is 33.6 Å². The molecule has 0 aliphatic carbocycles. The van der Waals surface area contributed by atoms with Crippen LogP contribution in [0.1, 0.15) is 62.2 Å². The highest BCUT2D eigenvalue weighted by Gasteiger charge is 2.65. The van der Waals surface area contributed by atoms with Crippen LogP contribution in [-0.4, -0.2) is 124 Å². The van der Waals surface area contributed by atoms with Gasteiger partial charge in [-0.05, 0) is 73.8 Å². The summed E-state index contributed by atoms with van der Waals surface area (Å²) in [6, 6.07) is 40.7. The first kappa shape index (κ1) is 54.6. The van der Waals surface area contributed by atoms with E-state index in [1.54, 1.807) is 116 Å². The molecule has 2 aliphatic heterocycles. The van der Waals surface area contributed by atoms with E-state index in [4.69, 9.17) is 51.5 Å². The molecule has 0 N–H and O–H groups in total. The lowest BCUT2D eigenvalue weighted by Gasteiger charge is -2.47. The van der Waals surface area contributed by atoms with E-state index in [0.717, 1.165) is 25.6 Å². The van der Waals surface area contributed by atoms with Gasteiger partial charge >= 0.3 is 50.3 Å². The molecule has 2 heterocycles. The summed E-state index contributed by atoms with van der Waals surface area (Å²) in [6.45, 7) is 4.67. The van der Waals surface area contributed by atoms with Crippen molar-refractivity contribution in [2.45, 2.75) is 92.7 Å². The van der Waals surface area contributed by atoms with Crippen LogP contribution >= 0.6 is 11.8 Å². The Morgan fingerprint density at radius 1 is 0.486 bits per heavy atom. The maximum Gasteiger partial charge on any atom is 0.338 e. The molecule has 18 nitrogen and oxygen atoms in total. The maximum atomic E-state index is 14.4. The van der Waals surface area contributed by atoms with Gasteiger partial charge in [0.2, 0.25) is 5.79 Å². The van der Waals surface area contributed by atoms with Crippen LogP contribution in [0.4, 0.5) is 0 Å². The van der Waals surface area contributed by atoms with E-state index in [1.807, 2.05) is 0 Å². The number of esters is 7. The zero-order valence-corrected chi connectivity index (χ0v) is 42.7. The molecule has 2 aliphatic rings. The minimum atomic E-state index is -4.16. The Morgan fingerprint density at radius 2 is 0.932 bits per heavy atom. The van der Waals surface area contributed by atoms with E-state index in [1.165, 1.54) is 55.5 Å². The quantitative estimate of drug-likeness (QED) is 0.0424. The molecule has 2 saturated heterocycles. The third-order valence-corrected chi connectivity index (χ3v) is 14.1. The van der Waals surface area contributed by atoms with Gasteiger partial charge in [0, 0.05) is 25.7 Å². The molecule has 0 unspecified atom stereocenters. The van der Waals surface area contributed by atoms with Crippen molar-refractivity contribution in [3.8, 4) is 0 Å². The highest BCUT2D eigenvalue weighted by atomic mass is 32.2. The molecule has 5 aromatic rings. The van der Waals surface area contributed by atoms with Gasteiger partial charge in [0.15, 0.2) is 24.4 Å². The Hall–Kier alpha value is -7.20. The van der Waals surface area contributed by atoms with Crippen molar-refractivity contribution in [2.75, 3.05) is 19.8 Å². The first-order valence-electron chi connectivity index (χ1n) is 23.4. The smallest absolute Gasteiger partial charge is 0.338 e. The Balaban J connectivity index is 1.35. The highest BCUT2D eigenvalue weighted by Crippen LogP contribution is 2.43. The van der Waals surface area contributed by atoms with Crippen molar-refractivity contribution in [1.82, 2.24) is 0 Å².